The minimum Gasteiger partial charge on any atom is -1.00 e. The van der Waals surface area contributed by atoms with Crippen molar-refractivity contribution in [2.24, 2.45) is 5.41 Å². The van der Waals surface area contributed by atoms with Crippen LogP contribution >= 0.6 is 0 Å². The van der Waals surface area contributed by atoms with E-state index in [0.717, 1.165) is 25.7 Å². The van der Waals surface area contributed by atoms with E-state index in [-0.39, 0.29) is 30.2 Å². The van der Waals surface area contributed by atoms with Crippen molar-refractivity contribution in [3.63, 3.8) is 0 Å². The van der Waals surface area contributed by atoms with Crippen molar-refractivity contribution in [2.75, 3.05) is 0 Å². The molecule has 0 aromatic heterocycles. The Morgan fingerprint density at radius 1 is 0.750 bits per heavy atom. The SMILES string of the molecule is C=Cc1ccc2c(c1)-c1cc(C=C)c[c]([Zr+2]([C]3=CC(C(C)(C)C)=CC3)=[C](Cc3ccccc3)Cc3ccccc3)c1C2.[Cl-].[Cl-]. The second-order valence-corrected chi connectivity index (χ2v) is 19.2. The third-order valence-corrected chi connectivity index (χ3v) is 16.2. The zero-order valence-electron chi connectivity index (χ0n) is 26.0. The van der Waals surface area contributed by atoms with Gasteiger partial charge >= 0.3 is 261 Å². The van der Waals surface area contributed by atoms with Crippen molar-refractivity contribution in [3.8, 4) is 11.1 Å². The van der Waals surface area contributed by atoms with Crippen LogP contribution < -0.4 is 28.1 Å². The normalized spacial score (nSPS) is 12.8. The summed E-state index contributed by atoms with van der Waals surface area (Å²) < 4.78 is 5.09. The third-order valence-electron chi connectivity index (χ3n) is 8.74. The van der Waals surface area contributed by atoms with Crippen LogP contribution in [0, 0.1) is 5.41 Å². The smallest absolute Gasteiger partial charge is 1.00 e. The maximum absolute atomic E-state index is 4.24. The molecule has 0 saturated carbocycles. The van der Waals surface area contributed by atoms with Gasteiger partial charge in [0.15, 0.2) is 0 Å². The van der Waals surface area contributed by atoms with Crippen molar-refractivity contribution >= 4 is 18.6 Å². The average Bonchev–Trinajstić information content (AvgIpc) is 3.63. The average molecular weight is 695 g/mol. The monoisotopic (exact) mass is 692 g/mol. The molecule has 6 rings (SSSR count). The fourth-order valence-electron chi connectivity index (χ4n) is 6.52. The molecule has 0 atom stereocenters. The van der Waals surface area contributed by atoms with Gasteiger partial charge in [-0.3, -0.25) is 0 Å². The topological polar surface area (TPSA) is 0 Å². The van der Waals surface area contributed by atoms with Gasteiger partial charge in [-0.2, -0.15) is 0 Å². The number of benzene rings is 4. The molecule has 0 amide bonds. The summed E-state index contributed by atoms with van der Waals surface area (Å²) >= 11 is -2.62. The van der Waals surface area contributed by atoms with Crippen molar-refractivity contribution in [1.82, 2.24) is 0 Å². The van der Waals surface area contributed by atoms with Crippen LogP contribution in [0.2, 0.25) is 0 Å². The molecule has 3 heteroatoms. The largest absolute Gasteiger partial charge is 1.00 e. The van der Waals surface area contributed by atoms with Crippen LogP contribution in [0.3, 0.4) is 0 Å². The summed E-state index contributed by atoms with van der Waals surface area (Å²) in [5, 5.41) is 0. The molecule has 0 nitrogen and oxygen atoms in total. The summed E-state index contributed by atoms with van der Waals surface area (Å²) in [5.41, 5.74) is 12.7. The maximum atomic E-state index is 4.24. The van der Waals surface area contributed by atoms with E-state index in [9.17, 15) is 0 Å². The van der Waals surface area contributed by atoms with E-state index in [1.54, 1.807) is 15.3 Å². The van der Waals surface area contributed by atoms with Crippen molar-refractivity contribution in [1.29, 1.82) is 0 Å². The predicted octanol–water partition coefficient (Wildman–Crippen LogP) is 3.71. The summed E-state index contributed by atoms with van der Waals surface area (Å²) in [5.74, 6) is 0. The van der Waals surface area contributed by atoms with Gasteiger partial charge in [0.25, 0.3) is 0 Å². The Balaban J connectivity index is 0.00000221. The summed E-state index contributed by atoms with van der Waals surface area (Å²) in [6.45, 7) is 15.3. The summed E-state index contributed by atoms with van der Waals surface area (Å²) in [7, 11) is 0. The molecule has 4 aromatic carbocycles. The Morgan fingerprint density at radius 3 is 1.89 bits per heavy atom. The van der Waals surface area contributed by atoms with Crippen molar-refractivity contribution in [3.05, 3.63) is 159 Å². The van der Waals surface area contributed by atoms with Gasteiger partial charge in [-0.25, -0.2) is 0 Å². The second-order valence-electron chi connectivity index (χ2n) is 12.7. The van der Waals surface area contributed by atoms with Gasteiger partial charge in [0, 0.05) is 0 Å². The molecule has 44 heavy (non-hydrogen) atoms. The standard InChI is InChI=1S/C17H13.C15H14.C9H13.2ClH.Zr/c1-3-12-5-7-14-11-15-8-6-13(4-2)10-17(15)16(14)9-12;1-3-8-14(9-4-1)12-7-13-15-10-5-2-6-11-15;1-9(2,3)8-6-4-5-7-8;;;/h3-7,9-10H,1-2,11H2;1-6,8-11H,12-13H2;6-7H,4H2,1-3H3;2*1H;/q;;;;;+2/p-2. The quantitative estimate of drug-likeness (QED) is 0.233. The predicted molar refractivity (Wildman–Crippen MR) is 180 cm³/mol. The molecule has 2 aliphatic rings. The van der Waals surface area contributed by atoms with Gasteiger partial charge in [0.1, 0.15) is 0 Å². The van der Waals surface area contributed by atoms with Gasteiger partial charge in [-0.1, -0.05) is 0 Å². The molecular formula is C41H40Cl2Zr. The Bertz CT molecular complexity index is 1720. The first-order valence-corrected chi connectivity index (χ1v) is 18.8. The van der Waals surface area contributed by atoms with Crippen molar-refractivity contribution < 1.29 is 46.1 Å². The molecule has 0 aliphatic heterocycles. The molecule has 0 heterocycles. The number of rotatable bonds is 8. The molecule has 4 aromatic rings. The maximum Gasteiger partial charge on any atom is -1.00 e. The van der Waals surface area contributed by atoms with Crippen molar-refractivity contribution in [2.45, 2.75) is 46.5 Å². The molecule has 0 bridgehead atoms. The molecule has 2 aliphatic carbocycles. The van der Waals surface area contributed by atoms with E-state index >= 15 is 0 Å². The second kappa shape index (κ2) is 14.5. The first kappa shape index (κ1) is 34.1. The first-order valence-electron chi connectivity index (χ1n) is 15.1. The van der Waals surface area contributed by atoms with E-state index in [1.807, 2.05) is 6.08 Å². The minimum absolute atomic E-state index is 0. The fourth-order valence-corrected chi connectivity index (χ4v) is 14.8. The van der Waals surface area contributed by atoms with Crippen LogP contribution in [0.5, 0.6) is 0 Å². The van der Waals surface area contributed by atoms with E-state index in [2.05, 4.69) is 143 Å². The van der Waals surface area contributed by atoms with Crippen LogP contribution in [0.25, 0.3) is 23.3 Å². The molecule has 0 N–H and O–H groups in total. The molecule has 0 fully saturated rings. The van der Waals surface area contributed by atoms with Gasteiger partial charge in [0.05, 0.1) is 0 Å². The summed E-state index contributed by atoms with van der Waals surface area (Å²) in [6, 6.07) is 34.0. The Kier molecular flexibility index (Phi) is 11.2. The third kappa shape index (κ3) is 7.18. The Hall–Kier alpha value is -2.83. The van der Waals surface area contributed by atoms with Gasteiger partial charge in [-0.05, 0) is 0 Å². The minimum atomic E-state index is -2.62. The molecule has 222 valence electrons. The van der Waals surface area contributed by atoms with Gasteiger partial charge in [0.2, 0.25) is 0 Å². The number of hydrogen-bond donors (Lipinski definition) is 0. The summed E-state index contributed by atoms with van der Waals surface area (Å²) in [4.78, 5) is 0. The summed E-state index contributed by atoms with van der Waals surface area (Å²) in [6.07, 6.45) is 13.3. The van der Waals surface area contributed by atoms with E-state index < -0.39 is 21.3 Å². The number of halogens is 2. The fraction of sp³-hybridized carbons (Fsp3) is 0.195. The Morgan fingerprint density at radius 2 is 1.34 bits per heavy atom. The number of fused-ring (bicyclic) bond motifs is 3. The van der Waals surface area contributed by atoms with Crippen LogP contribution in [-0.4, -0.2) is 3.21 Å². The van der Waals surface area contributed by atoms with E-state index in [0.29, 0.717) is 0 Å². The zero-order valence-corrected chi connectivity index (χ0v) is 29.9. The zero-order chi connectivity index (χ0) is 29.3. The van der Waals surface area contributed by atoms with E-state index in [1.165, 1.54) is 44.5 Å². The van der Waals surface area contributed by atoms with Gasteiger partial charge in [-0.15, -0.1) is 0 Å². The first-order chi connectivity index (χ1) is 20.3. The molecule has 0 spiro atoms. The molecule has 0 unspecified atom stereocenters. The molecule has 0 radical (unpaired) electrons. The molecular weight excluding hydrogens is 655 g/mol. The van der Waals surface area contributed by atoms with Crippen LogP contribution in [0.15, 0.2) is 125 Å². The van der Waals surface area contributed by atoms with Gasteiger partial charge < -0.3 is 24.8 Å². The number of allylic oxidation sites excluding steroid dienone is 4. The molecule has 0 saturated heterocycles. The Labute approximate surface area is 284 Å². The van der Waals surface area contributed by atoms with Crippen LogP contribution in [0.4, 0.5) is 0 Å². The number of hydrogen-bond acceptors (Lipinski definition) is 0. The van der Waals surface area contributed by atoms with E-state index in [4.69, 9.17) is 0 Å². The van der Waals surface area contributed by atoms with Crippen LogP contribution in [0.1, 0.15) is 60.6 Å². The van der Waals surface area contributed by atoms with Crippen LogP contribution in [-0.2, 0) is 40.5 Å².